The summed E-state index contributed by atoms with van der Waals surface area (Å²) < 4.78 is 3.37. The van der Waals surface area contributed by atoms with Gasteiger partial charge in [0, 0.05) is 22.3 Å². The third-order valence-corrected chi connectivity index (χ3v) is 6.67. The topological polar surface area (TPSA) is 116 Å². The van der Waals surface area contributed by atoms with Crippen molar-refractivity contribution in [2.75, 3.05) is 7.11 Å². The number of hydrogen-bond acceptors (Lipinski definition) is 7. The molecule has 0 radical (unpaired) electrons. The molecule has 5 aromatic rings. The van der Waals surface area contributed by atoms with Crippen molar-refractivity contribution in [3.05, 3.63) is 99.6 Å². The molecule has 0 saturated carbocycles. The van der Waals surface area contributed by atoms with Crippen molar-refractivity contribution in [1.29, 1.82) is 0 Å². The number of hydrogen-bond donors (Lipinski definition) is 1. The van der Waals surface area contributed by atoms with Crippen molar-refractivity contribution in [3.8, 4) is 28.1 Å². The lowest BCUT2D eigenvalue weighted by molar-refractivity contribution is 0.215. The van der Waals surface area contributed by atoms with Crippen LogP contribution in [0.3, 0.4) is 0 Å². The Morgan fingerprint density at radius 3 is 2.78 bits per heavy atom. The van der Waals surface area contributed by atoms with Crippen LogP contribution >= 0.6 is 11.6 Å². The minimum absolute atomic E-state index is 0.0997. The number of oxime groups is 1. The van der Waals surface area contributed by atoms with E-state index in [4.69, 9.17) is 16.4 Å². The number of tetrazole rings is 1. The van der Waals surface area contributed by atoms with E-state index in [9.17, 15) is 4.79 Å². The Balaban J connectivity index is 1.32. The number of halogens is 1. The van der Waals surface area contributed by atoms with Crippen LogP contribution in [-0.4, -0.2) is 48.1 Å². The van der Waals surface area contributed by atoms with E-state index in [1.165, 1.54) is 13.4 Å². The molecule has 1 aliphatic rings. The van der Waals surface area contributed by atoms with Crippen molar-refractivity contribution >= 4 is 17.8 Å². The van der Waals surface area contributed by atoms with E-state index in [2.05, 4.69) is 30.6 Å². The van der Waals surface area contributed by atoms with Crippen LogP contribution in [0.5, 0.6) is 0 Å². The van der Waals surface area contributed by atoms with Crippen LogP contribution in [-0.2, 0) is 11.3 Å². The number of H-pyrrole nitrogens is 1. The summed E-state index contributed by atoms with van der Waals surface area (Å²) in [5, 5.41) is 15.8. The standard InChI is InChI=1S/C26H21ClN8O2/c1-37-30-13-16-2-4-17(5-3-16)22-14-28-26(31-22)24-9-7-20-10-18(11-25(36)35(20)24)21-12-19(27)6-8-23(21)34-15-29-32-33-34/h2-6,8,10-15,24H,7,9H2,1H3,(H,28,31)/t24-/m0/s1. The third kappa shape index (κ3) is 4.31. The molecule has 2 aromatic carbocycles. The van der Waals surface area contributed by atoms with E-state index in [-0.39, 0.29) is 11.6 Å². The van der Waals surface area contributed by atoms with Gasteiger partial charge in [-0.15, -0.1) is 5.10 Å². The summed E-state index contributed by atoms with van der Waals surface area (Å²) in [6.07, 6.45) is 6.48. The summed E-state index contributed by atoms with van der Waals surface area (Å²) in [5.74, 6) is 0.755. The van der Waals surface area contributed by atoms with Crippen LogP contribution in [0.2, 0.25) is 5.02 Å². The number of nitrogens with zero attached hydrogens (tertiary/aromatic N) is 7. The Labute approximate surface area is 216 Å². The Morgan fingerprint density at radius 1 is 1.14 bits per heavy atom. The second-order valence-corrected chi connectivity index (χ2v) is 9.07. The first-order valence-electron chi connectivity index (χ1n) is 11.6. The van der Waals surface area contributed by atoms with E-state index < -0.39 is 0 Å². The van der Waals surface area contributed by atoms with Gasteiger partial charge in [-0.05, 0) is 64.2 Å². The highest BCUT2D eigenvalue weighted by Crippen LogP contribution is 2.34. The first-order chi connectivity index (χ1) is 18.1. The summed E-state index contributed by atoms with van der Waals surface area (Å²) in [4.78, 5) is 26.2. The minimum Gasteiger partial charge on any atom is -0.399 e. The zero-order chi connectivity index (χ0) is 25.4. The lowest BCUT2D eigenvalue weighted by Crippen LogP contribution is -2.23. The van der Waals surface area contributed by atoms with Crippen LogP contribution in [0, 0.1) is 0 Å². The van der Waals surface area contributed by atoms with Gasteiger partial charge in [0.2, 0.25) is 0 Å². The molecule has 184 valence electrons. The predicted octanol–water partition coefficient (Wildman–Crippen LogP) is 4.05. The molecule has 37 heavy (non-hydrogen) atoms. The van der Waals surface area contributed by atoms with Gasteiger partial charge in [-0.1, -0.05) is 41.0 Å². The molecule has 0 amide bonds. The molecule has 1 atom stereocenters. The second-order valence-electron chi connectivity index (χ2n) is 8.64. The number of fused-ring (bicyclic) bond motifs is 1. The lowest BCUT2D eigenvalue weighted by atomic mass is 10.0. The summed E-state index contributed by atoms with van der Waals surface area (Å²) >= 11 is 6.30. The van der Waals surface area contributed by atoms with Crippen molar-refractivity contribution in [2.24, 2.45) is 5.16 Å². The first-order valence-corrected chi connectivity index (χ1v) is 12.0. The van der Waals surface area contributed by atoms with Crippen LogP contribution in [0.25, 0.3) is 28.1 Å². The van der Waals surface area contributed by atoms with Crippen LogP contribution in [0.1, 0.15) is 29.5 Å². The van der Waals surface area contributed by atoms with Gasteiger partial charge in [0.15, 0.2) is 0 Å². The fourth-order valence-corrected chi connectivity index (χ4v) is 4.91. The van der Waals surface area contributed by atoms with Crippen LogP contribution in [0.15, 0.2) is 77.1 Å². The molecule has 6 rings (SSSR count). The molecular formula is C26H21ClN8O2. The average Bonchev–Trinajstić information content (AvgIpc) is 3.68. The van der Waals surface area contributed by atoms with Gasteiger partial charge in [0.25, 0.3) is 5.56 Å². The third-order valence-electron chi connectivity index (χ3n) is 6.44. The SMILES string of the molecule is CON=Cc1ccc(-c2cnc([C@@H]3CCc4cc(-c5cc(Cl)ccc5-n5cnnn5)cc(=O)n43)[nH]2)cc1. The summed E-state index contributed by atoms with van der Waals surface area (Å²) in [6, 6.07) is 16.8. The fourth-order valence-electron chi connectivity index (χ4n) is 4.74. The molecular weight excluding hydrogens is 492 g/mol. The highest BCUT2D eigenvalue weighted by Gasteiger charge is 2.28. The maximum atomic E-state index is 13.4. The Hall–Kier alpha value is -4.57. The molecule has 0 bridgehead atoms. The number of aromatic nitrogens is 7. The maximum absolute atomic E-state index is 13.4. The van der Waals surface area contributed by atoms with Gasteiger partial charge in [-0.25, -0.2) is 4.98 Å². The molecule has 3 aromatic heterocycles. The smallest absolute Gasteiger partial charge is 0.252 e. The molecule has 0 spiro atoms. The van der Waals surface area contributed by atoms with Gasteiger partial charge in [-0.2, -0.15) is 4.68 Å². The summed E-state index contributed by atoms with van der Waals surface area (Å²) in [7, 11) is 1.51. The zero-order valence-corrected chi connectivity index (χ0v) is 20.5. The minimum atomic E-state index is -0.170. The highest BCUT2D eigenvalue weighted by atomic mass is 35.5. The van der Waals surface area contributed by atoms with E-state index in [0.717, 1.165) is 58.0 Å². The molecule has 0 saturated heterocycles. The van der Waals surface area contributed by atoms with Gasteiger partial charge in [0.05, 0.1) is 29.8 Å². The largest absolute Gasteiger partial charge is 0.399 e. The van der Waals surface area contributed by atoms with E-state index >= 15 is 0 Å². The lowest BCUT2D eigenvalue weighted by Gasteiger charge is -2.15. The zero-order valence-electron chi connectivity index (χ0n) is 19.7. The quantitative estimate of drug-likeness (QED) is 0.271. The predicted molar refractivity (Wildman–Crippen MR) is 139 cm³/mol. The maximum Gasteiger partial charge on any atom is 0.252 e. The number of pyridine rings is 1. The van der Waals surface area contributed by atoms with Crippen LogP contribution < -0.4 is 5.56 Å². The van der Waals surface area contributed by atoms with Gasteiger partial charge in [0.1, 0.15) is 19.3 Å². The number of benzene rings is 2. The van der Waals surface area contributed by atoms with Crippen LogP contribution in [0.4, 0.5) is 0 Å². The van der Waals surface area contributed by atoms with Gasteiger partial charge < -0.3 is 14.4 Å². The first kappa shape index (κ1) is 22.9. The molecule has 1 N–H and O–H groups in total. The second kappa shape index (κ2) is 9.47. The molecule has 10 nitrogen and oxygen atoms in total. The number of imidazole rings is 1. The van der Waals surface area contributed by atoms with Crippen molar-refractivity contribution < 1.29 is 4.84 Å². The summed E-state index contributed by atoms with van der Waals surface area (Å²) in [6.45, 7) is 0. The Kier molecular flexibility index (Phi) is 5.85. The normalized spacial score (nSPS) is 14.8. The molecule has 1 aliphatic heterocycles. The Bertz CT molecular complexity index is 1660. The number of nitrogens with one attached hydrogen (secondary N) is 1. The molecule has 0 unspecified atom stereocenters. The average molecular weight is 513 g/mol. The fraction of sp³-hybridized carbons (Fsp3) is 0.154. The number of aryl methyl sites for hydroxylation is 1. The van der Waals surface area contributed by atoms with E-state index in [1.807, 2.05) is 47.0 Å². The van der Waals surface area contributed by atoms with Crippen molar-refractivity contribution in [3.63, 3.8) is 0 Å². The molecule has 4 heterocycles. The van der Waals surface area contributed by atoms with Crippen molar-refractivity contribution in [1.82, 2.24) is 34.7 Å². The molecule has 0 aliphatic carbocycles. The van der Waals surface area contributed by atoms with Gasteiger partial charge >= 0.3 is 0 Å². The van der Waals surface area contributed by atoms with Gasteiger partial charge in [-0.3, -0.25) is 4.79 Å². The van der Waals surface area contributed by atoms with Crippen molar-refractivity contribution in [2.45, 2.75) is 18.9 Å². The molecule has 0 fully saturated rings. The number of aromatic amines is 1. The molecule has 11 heteroatoms. The summed E-state index contributed by atoms with van der Waals surface area (Å²) in [5.41, 5.74) is 5.93. The highest BCUT2D eigenvalue weighted by molar-refractivity contribution is 6.31. The Morgan fingerprint density at radius 2 is 2.00 bits per heavy atom. The monoisotopic (exact) mass is 512 g/mol. The number of rotatable bonds is 6. The van der Waals surface area contributed by atoms with E-state index in [1.54, 1.807) is 29.2 Å². The van der Waals surface area contributed by atoms with E-state index in [0.29, 0.717) is 5.02 Å².